The number of aryl methyl sites for hydroxylation is 2. The van der Waals surface area contributed by atoms with Gasteiger partial charge in [-0.05, 0) is 29.3 Å². The fourth-order valence-corrected chi connectivity index (χ4v) is 2.53. The van der Waals surface area contributed by atoms with E-state index in [1.807, 2.05) is 10.9 Å². The Hall–Kier alpha value is -1.14. The molecular weight excluding hydrogens is 320 g/mol. The zero-order valence-corrected chi connectivity index (χ0v) is 13.8. The van der Waals surface area contributed by atoms with E-state index in [1.54, 1.807) is 6.20 Å². The average molecular weight is 341 g/mol. The van der Waals surface area contributed by atoms with Crippen LogP contribution < -0.4 is 5.32 Å². The molecule has 0 aromatic carbocycles. The van der Waals surface area contributed by atoms with Crippen molar-refractivity contribution < 1.29 is 4.52 Å². The molecule has 0 radical (unpaired) electrons. The normalized spacial score (nSPS) is 12.8. The highest BCUT2D eigenvalue weighted by Gasteiger charge is 2.14. The third-order valence-electron chi connectivity index (χ3n) is 3.30. The van der Waals surface area contributed by atoms with Gasteiger partial charge in [0.25, 0.3) is 0 Å². The SMILES string of the molecule is CCc1noc(CC)c1CN[C@@H](C)Cn1cc(Br)cn1. The van der Waals surface area contributed by atoms with Crippen LogP contribution in [-0.2, 0) is 25.9 Å². The van der Waals surface area contributed by atoms with Crippen molar-refractivity contribution in [2.75, 3.05) is 0 Å². The standard InChI is InChI=1S/C14H21BrN4O/c1-4-13-12(14(5-2)20-18-13)7-16-10(3)8-19-9-11(15)6-17-19/h6,9-10,16H,4-5,7-8H2,1-3H3/t10-/m0/s1. The van der Waals surface area contributed by atoms with Crippen molar-refractivity contribution in [3.05, 3.63) is 33.9 Å². The van der Waals surface area contributed by atoms with E-state index in [4.69, 9.17) is 4.52 Å². The summed E-state index contributed by atoms with van der Waals surface area (Å²) in [5, 5.41) is 11.9. The Bertz CT molecular complexity index is 528. The molecule has 2 rings (SSSR count). The predicted octanol–water partition coefficient (Wildman–Crippen LogP) is 2.94. The van der Waals surface area contributed by atoms with Gasteiger partial charge in [-0.15, -0.1) is 0 Å². The van der Waals surface area contributed by atoms with Crippen molar-refractivity contribution in [3.63, 3.8) is 0 Å². The van der Waals surface area contributed by atoms with Gasteiger partial charge in [-0.3, -0.25) is 4.68 Å². The van der Waals surface area contributed by atoms with Crippen molar-refractivity contribution >= 4 is 15.9 Å². The summed E-state index contributed by atoms with van der Waals surface area (Å²) < 4.78 is 8.31. The molecule has 0 saturated heterocycles. The van der Waals surface area contributed by atoms with Crippen LogP contribution in [0.1, 0.15) is 37.8 Å². The van der Waals surface area contributed by atoms with Crippen molar-refractivity contribution in [2.45, 2.75) is 52.7 Å². The van der Waals surface area contributed by atoms with E-state index in [0.29, 0.717) is 6.04 Å². The third kappa shape index (κ3) is 3.70. The lowest BCUT2D eigenvalue weighted by molar-refractivity contribution is 0.378. The van der Waals surface area contributed by atoms with Crippen molar-refractivity contribution in [2.24, 2.45) is 0 Å². The maximum atomic E-state index is 5.38. The zero-order valence-electron chi connectivity index (χ0n) is 12.2. The van der Waals surface area contributed by atoms with E-state index in [1.165, 1.54) is 5.56 Å². The summed E-state index contributed by atoms with van der Waals surface area (Å²) in [4.78, 5) is 0. The van der Waals surface area contributed by atoms with Crippen molar-refractivity contribution in [1.82, 2.24) is 20.3 Å². The summed E-state index contributed by atoms with van der Waals surface area (Å²) in [5.41, 5.74) is 2.27. The smallest absolute Gasteiger partial charge is 0.141 e. The quantitative estimate of drug-likeness (QED) is 0.841. The van der Waals surface area contributed by atoms with Gasteiger partial charge >= 0.3 is 0 Å². The first kappa shape index (κ1) is 15.3. The first-order valence-corrected chi connectivity index (χ1v) is 7.80. The van der Waals surface area contributed by atoms with Crippen LogP contribution in [0.3, 0.4) is 0 Å². The van der Waals surface area contributed by atoms with Gasteiger partial charge in [0.2, 0.25) is 0 Å². The van der Waals surface area contributed by atoms with Gasteiger partial charge in [0, 0.05) is 30.8 Å². The minimum Gasteiger partial charge on any atom is -0.361 e. The highest BCUT2D eigenvalue weighted by molar-refractivity contribution is 9.10. The maximum absolute atomic E-state index is 5.38. The fraction of sp³-hybridized carbons (Fsp3) is 0.571. The van der Waals surface area contributed by atoms with Crippen LogP contribution in [0, 0.1) is 0 Å². The van der Waals surface area contributed by atoms with E-state index in [-0.39, 0.29) is 0 Å². The Labute approximate surface area is 127 Å². The molecule has 6 heteroatoms. The molecule has 110 valence electrons. The molecule has 0 saturated carbocycles. The average Bonchev–Trinajstić information content (AvgIpc) is 3.01. The first-order valence-electron chi connectivity index (χ1n) is 7.01. The summed E-state index contributed by atoms with van der Waals surface area (Å²) in [6.45, 7) is 7.97. The summed E-state index contributed by atoms with van der Waals surface area (Å²) in [6.07, 6.45) is 5.56. The number of rotatable bonds is 7. The topological polar surface area (TPSA) is 55.9 Å². The summed E-state index contributed by atoms with van der Waals surface area (Å²) in [5.74, 6) is 0.989. The Morgan fingerprint density at radius 2 is 2.20 bits per heavy atom. The Balaban J connectivity index is 1.92. The van der Waals surface area contributed by atoms with Gasteiger partial charge in [0.05, 0.1) is 22.9 Å². The molecule has 1 atom stereocenters. The fourth-order valence-electron chi connectivity index (χ4n) is 2.20. The highest BCUT2D eigenvalue weighted by Crippen LogP contribution is 2.15. The Morgan fingerprint density at radius 3 is 2.80 bits per heavy atom. The molecule has 0 unspecified atom stereocenters. The van der Waals surface area contributed by atoms with Gasteiger partial charge in [0.1, 0.15) is 5.76 Å². The van der Waals surface area contributed by atoms with Crippen LogP contribution in [0.2, 0.25) is 0 Å². The third-order valence-corrected chi connectivity index (χ3v) is 3.71. The number of hydrogen-bond donors (Lipinski definition) is 1. The van der Waals surface area contributed by atoms with E-state index in [0.717, 1.165) is 41.9 Å². The molecule has 0 aliphatic carbocycles. The molecule has 2 aromatic rings. The van der Waals surface area contributed by atoms with Gasteiger partial charge in [0.15, 0.2) is 0 Å². The first-order chi connectivity index (χ1) is 9.63. The van der Waals surface area contributed by atoms with Crippen molar-refractivity contribution in [3.8, 4) is 0 Å². The molecule has 0 bridgehead atoms. The highest BCUT2D eigenvalue weighted by atomic mass is 79.9. The molecular formula is C14H21BrN4O. The Morgan fingerprint density at radius 1 is 1.40 bits per heavy atom. The second-order valence-electron chi connectivity index (χ2n) is 4.90. The van der Waals surface area contributed by atoms with Crippen LogP contribution in [-0.4, -0.2) is 21.0 Å². The maximum Gasteiger partial charge on any atom is 0.141 e. The number of nitrogens with one attached hydrogen (secondary N) is 1. The second-order valence-corrected chi connectivity index (χ2v) is 5.82. The number of aromatic nitrogens is 3. The lowest BCUT2D eigenvalue weighted by atomic mass is 10.1. The molecule has 0 amide bonds. The molecule has 5 nitrogen and oxygen atoms in total. The van der Waals surface area contributed by atoms with Gasteiger partial charge in [-0.2, -0.15) is 5.10 Å². The minimum atomic E-state index is 0.325. The van der Waals surface area contributed by atoms with Gasteiger partial charge in [-0.1, -0.05) is 19.0 Å². The zero-order chi connectivity index (χ0) is 14.5. The summed E-state index contributed by atoms with van der Waals surface area (Å²) >= 11 is 3.41. The number of nitrogens with zero attached hydrogens (tertiary/aromatic N) is 3. The minimum absolute atomic E-state index is 0.325. The van der Waals surface area contributed by atoms with E-state index >= 15 is 0 Å². The van der Waals surface area contributed by atoms with E-state index < -0.39 is 0 Å². The van der Waals surface area contributed by atoms with Crippen LogP contribution >= 0.6 is 15.9 Å². The Kier molecular flexibility index (Phi) is 5.37. The largest absolute Gasteiger partial charge is 0.361 e. The molecule has 2 aromatic heterocycles. The molecule has 1 N–H and O–H groups in total. The molecule has 0 spiro atoms. The summed E-state index contributed by atoms with van der Waals surface area (Å²) in [7, 11) is 0. The van der Waals surface area contributed by atoms with Crippen LogP contribution in [0.4, 0.5) is 0 Å². The predicted molar refractivity (Wildman–Crippen MR) is 81.5 cm³/mol. The molecule has 0 fully saturated rings. The van der Waals surface area contributed by atoms with E-state index in [2.05, 4.69) is 52.3 Å². The van der Waals surface area contributed by atoms with Crippen LogP contribution in [0.25, 0.3) is 0 Å². The number of hydrogen-bond acceptors (Lipinski definition) is 4. The monoisotopic (exact) mass is 340 g/mol. The second kappa shape index (κ2) is 7.04. The van der Waals surface area contributed by atoms with Gasteiger partial charge < -0.3 is 9.84 Å². The molecule has 2 heterocycles. The lowest BCUT2D eigenvalue weighted by Crippen LogP contribution is -2.30. The van der Waals surface area contributed by atoms with Crippen LogP contribution in [0.5, 0.6) is 0 Å². The van der Waals surface area contributed by atoms with Crippen molar-refractivity contribution in [1.29, 1.82) is 0 Å². The number of halogens is 1. The van der Waals surface area contributed by atoms with Gasteiger partial charge in [-0.25, -0.2) is 0 Å². The molecule has 0 aliphatic heterocycles. The summed E-state index contributed by atoms with van der Waals surface area (Å²) in [6, 6.07) is 0.325. The molecule has 20 heavy (non-hydrogen) atoms. The lowest BCUT2D eigenvalue weighted by Gasteiger charge is -2.14. The van der Waals surface area contributed by atoms with Crippen LogP contribution in [0.15, 0.2) is 21.4 Å². The van der Waals surface area contributed by atoms with E-state index in [9.17, 15) is 0 Å². The molecule has 0 aliphatic rings.